The largest absolute Gasteiger partial charge is 0.491 e. The number of nitrogens with zero attached hydrogens (tertiary/aromatic N) is 2. The van der Waals surface area contributed by atoms with E-state index in [1.54, 1.807) is 55.5 Å². The number of amides is 6. The minimum atomic E-state index is -1.55. The lowest BCUT2D eigenvalue weighted by Gasteiger charge is -2.32. The van der Waals surface area contributed by atoms with E-state index in [4.69, 9.17) is 14.2 Å². The number of ether oxygens (including phenoxy) is 3. The third-order valence-corrected chi connectivity index (χ3v) is 18.7. The van der Waals surface area contributed by atoms with Crippen LogP contribution in [0.25, 0.3) is 64.6 Å². The van der Waals surface area contributed by atoms with Crippen molar-refractivity contribution < 1.29 is 52.9 Å². The van der Waals surface area contributed by atoms with Crippen molar-refractivity contribution in [2.24, 2.45) is 23.7 Å². The molecule has 1 aliphatic carbocycles. The van der Waals surface area contributed by atoms with Gasteiger partial charge in [-0.05, 0) is 112 Å². The third-order valence-electron chi connectivity index (χ3n) is 18.7. The maximum atomic E-state index is 15.0. The second-order valence-corrected chi connectivity index (χ2v) is 23.4. The van der Waals surface area contributed by atoms with Crippen LogP contribution in [-0.2, 0) is 52.8 Å². The van der Waals surface area contributed by atoms with Crippen molar-refractivity contribution in [3.8, 4) is 11.5 Å². The fourth-order valence-electron chi connectivity index (χ4n) is 14.6. The summed E-state index contributed by atoms with van der Waals surface area (Å²) in [6.07, 6.45) is 1.72. The number of benzene rings is 10. The van der Waals surface area contributed by atoms with E-state index in [9.17, 15) is 33.9 Å². The summed E-state index contributed by atoms with van der Waals surface area (Å²) in [5.74, 6) is -6.04. The molecule has 10 aromatic carbocycles. The highest BCUT2D eigenvalue weighted by Crippen LogP contribution is 2.49. The Morgan fingerprint density at radius 3 is 1.55 bits per heavy atom. The first-order valence-corrected chi connectivity index (χ1v) is 28.9. The number of imide groups is 2. The molecule has 0 radical (unpaired) electrons. The summed E-state index contributed by atoms with van der Waals surface area (Å²) in [6.45, 7) is 0.851. The first kappa shape index (κ1) is 52.2. The predicted octanol–water partition coefficient (Wildman–Crippen LogP) is 8.64. The Kier molecular flexibility index (Phi) is 12.5. The number of fused-ring (bicyclic) bond motifs is 7. The maximum absolute atomic E-state index is 15.0. The van der Waals surface area contributed by atoms with Crippen LogP contribution in [-0.4, -0.2) is 107 Å². The average Bonchev–Trinajstić information content (AvgIpc) is 2.09. The molecular formula is C70H56N4O11. The van der Waals surface area contributed by atoms with Gasteiger partial charge in [-0.1, -0.05) is 146 Å². The fraction of sp³-hybridized carbons (Fsp3) is 0.243. The number of carbonyl (C=O) groups is 7. The topological polar surface area (TPSA) is 198 Å². The summed E-state index contributed by atoms with van der Waals surface area (Å²) < 4.78 is 18.8. The van der Waals surface area contributed by atoms with E-state index in [-0.39, 0.29) is 74.4 Å². The minimum Gasteiger partial charge on any atom is -0.491 e. The number of aldehydes is 1. The van der Waals surface area contributed by atoms with Crippen molar-refractivity contribution >= 4 is 106 Å². The molecule has 3 N–H and O–H groups in total. The molecule has 0 spiro atoms. The molecule has 85 heavy (non-hydrogen) atoms. The Balaban J connectivity index is 0.685. The molecule has 4 heterocycles. The van der Waals surface area contributed by atoms with Gasteiger partial charge in [-0.25, -0.2) is 0 Å². The van der Waals surface area contributed by atoms with Crippen LogP contribution < -0.4 is 20.1 Å². The zero-order chi connectivity index (χ0) is 57.9. The summed E-state index contributed by atoms with van der Waals surface area (Å²) >= 11 is 0. The number of rotatable bonds is 17. The van der Waals surface area contributed by atoms with E-state index in [1.165, 1.54) is 4.90 Å². The molecule has 3 saturated heterocycles. The lowest BCUT2D eigenvalue weighted by Crippen LogP contribution is -2.51. The number of aliphatic hydroxyl groups excluding tert-OH is 1. The summed E-state index contributed by atoms with van der Waals surface area (Å²) in [6, 6.07) is 45.0. The van der Waals surface area contributed by atoms with Crippen LogP contribution in [0.5, 0.6) is 11.5 Å². The lowest BCUT2D eigenvalue weighted by molar-refractivity contribution is -0.147. The van der Waals surface area contributed by atoms with Gasteiger partial charge in [0.25, 0.3) is 0 Å². The Morgan fingerprint density at radius 1 is 0.565 bits per heavy atom. The molecule has 422 valence electrons. The average molecular weight is 1130 g/mol. The predicted molar refractivity (Wildman–Crippen MR) is 319 cm³/mol. The van der Waals surface area contributed by atoms with E-state index in [0.29, 0.717) is 23.0 Å². The molecule has 15 rings (SSSR count). The highest BCUT2D eigenvalue weighted by atomic mass is 16.5. The third kappa shape index (κ3) is 8.41. The van der Waals surface area contributed by atoms with E-state index in [1.807, 2.05) is 48.5 Å². The number of aryl methyl sites for hydroxylation is 1. The van der Waals surface area contributed by atoms with Gasteiger partial charge in [0.05, 0.1) is 72.5 Å². The van der Waals surface area contributed by atoms with Crippen LogP contribution in [0, 0.1) is 30.6 Å². The highest BCUT2D eigenvalue weighted by molar-refractivity contribution is 6.25. The molecule has 6 amide bonds. The summed E-state index contributed by atoms with van der Waals surface area (Å²) in [7, 11) is 0. The van der Waals surface area contributed by atoms with Crippen LogP contribution in [0.1, 0.15) is 44.3 Å². The second kappa shape index (κ2) is 20.4. The second-order valence-electron chi connectivity index (χ2n) is 23.4. The van der Waals surface area contributed by atoms with Gasteiger partial charge in [-0.3, -0.25) is 43.4 Å². The van der Waals surface area contributed by atoms with E-state index >= 15 is 4.79 Å². The van der Waals surface area contributed by atoms with Crippen LogP contribution in [0.4, 0.5) is 0 Å². The van der Waals surface area contributed by atoms with Gasteiger partial charge < -0.3 is 30.0 Å². The molecule has 2 bridgehead atoms. The molecule has 0 aromatic heterocycles. The van der Waals surface area contributed by atoms with Gasteiger partial charge in [-0.2, -0.15) is 0 Å². The molecule has 15 nitrogen and oxygen atoms in total. The number of nitrogens with one attached hydrogen (secondary N) is 2. The summed E-state index contributed by atoms with van der Waals surface area (Å²) in [4.78, 5) is 101. The summed E-state index contributed by atoms with van der Waals surface area (Å²) in [5.41, 5.74) is 3.42. The Bertz CT molecular complexity index is 4460. The Hall–Kier alpha value is -9.57. The highest BCUT2D eigenvalue weighted by Gasteiger charge is 2.62. The molecular weight excluding hydrogens is 1070 g/mol. The standard InChI is InChI=1S/C70H56N4O11/c1-36-6-2-12-52(51(36)33-75)83-34-46(31-71-56(76)29-43-20-18-41-16-14-37-7-3-9-39-22-24-48(43)60(41)58(37)39)73-67(79)50-28-45-11-5-13-53(62(45)66(78)63(50)68(73)80)84-35-47(74-69(81)64-54-26-27-55(85-54)65(64)70(74)82)32-72-57(77)30-44-21-19-42-17-15-38-8-4-10-40-23-25-49(44)61(42)59(38)40/h2-27,33,46-47,50,54-55,63-66,78H,28-32,34-35H2,1H3,(H,71,76)(H,72,77)/t46?,47?,50?,54-,55+,63?,64-,65+,66?. The molecule has 15 heteroatoms. The van der Waals surface area contributed by atoms with E-state index in [2.05, 4.69) is 71.3 Å². The number of aliphatic hydroxyl groups is 1. The SMILES string of the molecule is Cc1cccc(OCC(CNC(=O)Cc2ccc3ccc4cccc5ccc2c3c45)N2C(=O)C3Cc4cccc(OCC(CNC(=O)Cc5ccc6ccc7cccc8ccc5c6c78)N5C(=O)[C@@H]6[C@H](C5=O)[C@H]5C=C[C@@H]6O5)c4C(O)C3C2=O)c1C=O. The van der Waals surface area contributed by atoms with Crippen LogP contribution in [0.15, 0.2) is 158 Å². The van der Waals surface area contributed by atoms with Gasteiger partial charge in [0.2, 0.25) is 35.4 Å². The molecule has 9 atom stereocenters. The van der Waals surface area contributed by atoms with Crippen LogP contribution in [0.3, 0.4) is 0 Å². The normalized spacial score (nSPS) is 22.1. The molecule has 0 saturated carbocycles. The molecule has 10 aromatic rings. The van der Waals surface area contributed by atoms with Crippen molar-refractivity contribution in [2.45, 2.75) is 56.6 Å². The minimum absolute atomic E-state index is 0.00240. The van der Waals surface area contributed by atoms with Crippen molar-refractivity contribution in [1.29, 1.82) is 0 Å². The maximum Gasteiger partial charge on any atom is 0.236 e. The van der Waals surface area contributed by atoms with Crippen LogP contribution >= 0.6 is 0 Å². The zero-order valence-corrected chi connectivity index (χ0v) is 46.2. The Morgan fingerprint density at radius 2 is 1.01 bits per heavy atom. The number of hydrogen-bond acceptors (Lipinski definition) is 11. The number of likely N-dealkylation sites (tertiary alicyclic amines) is 2. The number of carbonyl (C=O) groups excluding carboxylic acids is 7. The fourth-order valence-corrected chi connectivity index (χ4v) is 14.6. The zero-order valence-electron chi connectivity index (χ0n) is 46.2. The van der Waals surface area contributed by atoms with Gasteiger partial charge in [-0.15, -0.1) is 0 Å². The smallest absolute Gasteiger partial charge is 0.236 e. The van der Waals surface area contributed by atoms with Gasteiger partial charge in [0.15, 0.2) is 6.29 Å². The van der Waals surface area contributed by atoms with Crippen molar-refractivity contribution in [3.05, 3.63) is 191 Å². The van der Waals surface area contributed by atoms with Gasteiger partial charge in [0.1, 0.15) is 24.7 Å². The van der Waals surface area contributed by atoms with Crippen molar-refractivity contribution in [1.82, 2.24) is 20.4 Å². The quantitative estimate of drug-likeness (QED) is 0.0342. The summed E-state index contributed by atoms with van der Waals surface area (Å²) in [5, 5.41) is 31.3. The first-order chi connectivity index (χ1) is 41.4. The van der Waals surface area contributed by atoms with Gasteiger partial charge >= 0.3 is 0 Å². The van der Waals surface area contributed by atoms with Crippen LogP contribution in [0.2, 0.25) is 0 Å². The van der Waals surface area contributed by atoms with Gasteiger partial charge in [0, 0.05) is 18.7 Å². The van der Waals surface area contributed by atoms with Crippen molar-refractivity contribution in [2.75, 3.05) is 26.3 Å². The molecule has 3 fully saturated rings. The van der Waals surface area contributed by atoms with E-state index < -0.39 is 77.7 Å². The monoisotopic (exact) mass is 1130 g/mol. The number of hydrogen-bond donors (Lipinski definition) is 3. The molecule has 5 unspecified atom stereocenters. The van der Waals surface area contributed by atoms with E-state index in [0.717, 1.165) is 80.7 Å². The Labute approximate surface area is 486 Å². The first-order valence-electron chi connectivity index (χ1n) is 28.9. The lowest BCUT2D eigenvalue weighted by atomic mass is 9.75. The molecule has 4 aliphatic heterocycles. The molecule has 5 aliphatic rings. The van der Waals surface area contributed by atoms with Crippen molar-refractivity contribution in [3.63, 3.8) is 0 Å².